The van der Waals surface area contributed by atoms with Crippen LogP contribution in [0.1, 0.15) is 0 Å². The molecule has 0 amide bonds. The Kier molecular flexibility index (Phi) is 3.92. The summed E-state index contributed by atoms with van der Waals surface area (Å²) >= 11 is 11.9. The second kappa shape index (κ2) is 5.85. The van der Waals surface area contributed by atoms with Gasteiger partial charge in [0.05, 0.1) is 24.4 Å². The van der Waals surface area contributed by atoms with Crippen molar-refractivity contribution in [3.05, 3.63) is 40.8 Å². The van der Waals surface area contributed by atoms with E-state index in [0.29, 0.717) is 39.3 Å². The topological polar surface area (TPSA) is 73.1 Å². The fourth-order valence-corrected chi connectivity index (χ4v) is 2.32. The number of hydrogen-bond donors (Lipinski definition) is 1. The Morgan fingerprint density at radius 2 is 2.10 bits per heavy atom. The van der Waals surface area contributed by atoms with Gasteiger partial charge >= 0.3 is 0 Å². The van der Waals surface area contributed by atoms with Crippen molar-refractivity contribution >= 4 is 34.2 Å². The molecule has 1 aromatic carbocycles. The fourth-order valence-electron chi connectivity index (χ4n) is 1.87. The number of halogens is 2. The maximum Gasteiger partial charge on any atom is 0.233 e. The van der Waals surface area contributed by atoms with Crippen molar-refractivity contribution in [3.63, 3.8) is 0 Å². The Bertz CT molecular complexity index is 791. The molecule has 0 saturated heterocycles. The number of aromatic nitrogens is 4. The first-order valence-corrected chi connectivity index (χ1v) is 6.85. The lowest BCUT2D eigenvalue weighted by Gasteiger charge is -2.07. The minimum Gasteiger partial charge on any atom is -0.437 e. The van der Waals surface area contributed by atoms with Gasteiger partial charge in [-0.1, -0.05) is 23.2 Å². The summed E-state index contributed by atoms with van der Waals surface area (Å²) in [6.45, 7) is 0.321. The summed E-state index contributed by atoms with van der Waals surface area (Å²) in [6.07, 6.45) is 2.96. The largest absolute Gasteiger partial charge is 0.437 e. The van der Waals surface area contributed by atoms with Crippen molar-refractivity contribution in [1.29, 1.82) is 0 Å². The third-order valence-electron chi connectivity index (χ3n) is 2.81. The van der Waals surface area contributed by atoms with E-state index in [4.69, 9.17) is 33.0 Å². The number of fused-ring (bicyclic) bond motifs is 1. The summed E-state index contributed by atoms with van der Waals surface area (Å²) in [5, 5.41) is 14.7. The lowest BCUT2D eigenvalue weighted by atomic mass is 10.3. The SMILES string of the molecule is OCCn1ncc2c(Oc3ccc(Cl)cc3Cl)ncnc21. The van der Waals surface area contributed by atoms with E-state index in [-0.39, 0.29) is 6.61 Å². The molecule has 0 saturated carbocycles. The molecule has 0 atom stereocenters. The van der Waals surface area contributed by atoms with Crippen molar-refractivity contribution in [3.8, 4) is 11.6 Å². The molecule has 0 aliphatic rings. The highest BCUT2D eigenvalue weighted by atomic mass is 35.5. The highest BCUT2D eigenvalue weighted by Crippen LogP contribution is 2.33. The Labute approximate surface area is 129 Å². The molecular weight excluding hydrogens is 315 g/mol. The van der Waals surface area contributed by atoms with Crippen LogP contribution in [0.25, 0.3) is 11.0 Å². The molecule has 0 aliphatic carbocycles. The van der Waals surface area contributed by atoms with Crippen LogP contribution in [-0.2, 0) is 6.54 Å². The molecule has 1 N–H and O–H groups in total. The summed E-state index contributed by atoms with van der Waals surface area (Å²) in [6, 6.07) is 4.93. The van der Waals surface area contributed by atoms with Crippen molar-refractivity contribution in [2.75, 3.05) is 6.61 Å². The average molecular weight is 325 g/mol. The zero-order chi connectivity index (χ0) is 14.8. The zero-order valence-electron chi connectivity index (χ0n) is 10.7. The molecule has 2 heterocycles. The molecule has 3 rings (SSSR count). The van der Waals surface area contributed by atoms with Crippen molar-refractivity contribution < 1.29 is 9.84 Å². The molecule has 0 unspecified atom stereocenters. The third kappa shape index (κ3) is 2.78. The van der Waals surface area contributed by atoms with Gasteiger partial charge in [-0.05, 0) is 18.2 Å². The quantitative estimate of drug-likeness (QED) is 0.798. The van der Waals surface area contributed by atoms with Crippen molar-refractivity contribution in [2.45, 2.75) is 6.54 Å². The van der Waals surface area contributed by atoms with Crippen molar-refractivity contribution in [1.82, 2.24) is 19.7 Å². The highest BCUT2D eigenvalue weighted by molar-refractivity contribution is 6.35. The normalized spacial score (nSPS) is 11.0. The van der Waals surface area contributed by atoms with Gasteiger partial charge in [-0.25, -0.2) is 14.6 Å². The number of ether oxygens (including phenoxy) is 1. The lowest BCUT2D eigenvalue weighted by molar-refractivity contribution is 0.271. The molecule has 0 fully saturated rings. The van der Waals surface area contributed by atoms with Gasteiger partial charge in [0.1, 0.15) is 17.5 Å². The first-order chi connectivity index (χ1) is 10.2. The number of aliphatic hydroxyl groups is 1. The van der Waals surface area contributed by atoms with Crippen LogP contribution in [0.3, 0.4) is 0 Å². The predicted molar refractivity (Wildman–Crippen MR) is 78.9 cm³/mol. The van der Waals surface area contributed by atoms with E-state index in [1.54, 1.807) is 29.1 Å². The van der Waals surface area contributed by atoms with Crippen LogP contribution in [-0.4, -0.2) is 31.5 Å². The van der Waals surface area contributed by atoms with Gasteiger partial charge in [-0.3, -0.25) is 0 Å². The number of rotatable bonds is 4. The van der Waals surface area contributed by atoms with Gasteiger partial charge in [0, 0.05) is 5.02 Å². The van der Waals surface area contributed by atoms with Gasteiger partial charge in [0.25, 0.3) is 0 Å². The maximum atomic E-state index is 9.00. The van der Waals surface area contributed by atoms with Gasteiger partial charge in [0.15, 0.2) is 5.65 Å². The molecule has 108 valence electrons. The minimum absolute atomic E-state index is 0.0278. The Morgan fingerprint density at radius 1 is 1.24 bits per heavy atom. The van der Waals surface area contributed by atoms with Crippen LogP contribution in [0.5, 0.6) is 11.6 Å². The van der Waals surface area contributed by atoms with Crippen LogP contribution in [0.2, 0.25) is 10.0 Å². The first kappa shape index (κ1) is 14.1. The molecular formula is C13H10Cl2N4O2. The smallest absolute Gasteiger partial charge is 0.233 e. The van der Waals surface area contributed by atoms with E-state index in [2.05, 4.69) is 15.1 Å². The van der Waals surface area contributed by atoms with Crippen LogP contribution in [0.4, 0.5) is 0 Å². The van der Waals surface area contributed by atoms with Crippen molar-refractivity contribution in [2.24, 2.45) is 0 Å². The molecule has 8 heteroatoms. The van der Waals surface area contributed by atoms with E-state index in [9.17, 15) is 0 Å². The standard InChI is InChI=1S/C13H10Cl2N4O2/c14-8-1-2-11(10(15)5-8)21-13-9-6-18-19(3-4-20)12(9)16-7-17-13/h1-2,5-7,20H,3-4H2. The summed E-state index contributed by atoms with van der Waals surface area (Å²) in [4.78, 5) is 8.24. The first-order valence-electron chi connectivity index (χ1n) is 6.09. The van der Waals surface area contributed by atoms with Gasteiger partial charge < -0.3 is 9.84 Å². The van der Waals surface area contributed by atoms with Crippen LogP contribution in [0, 0.1) is 0 Å². The molecule has 3 aromatic rings. The van der Waals surface area contributed by atoms with Crippen LogP contribution in [0.15, 0.2) is 30.7 Å². The highest BCUT2D eigenvalue weighted by Gasteiger charge is 2.12. The second-order valence-electron chi connectivity index (χ2n) is 4.18. The van der Waals surface area contributed by atoms with E-state index >= 15 is 0 Å². The van der Waals surface area contributed by atoms with E-state index in [0.717, 1.165) is 0 Å². The summed E-state index contributed by atoms with van der Waals surface area (Å²) in [7, 11) is 0. The molecule has 0 aliphatic heterocycles. The van der Waals surface area contributed by atoms with Gasteiger partial charge in [0.2, 0.25) is 5.88 Å². The predicted octanol–water partition coefficient (Wildman–Crippen LogP) is 2.92. The lowest BCUT2D eigenvalue weighted by Crippen LogP contribution is -2.04. The summed E-state index contributed by atoms with van der Waals surface area (Å²) in [5.74, 6) is 0.782. The summed E-state index contributed by atoms with van der Waals surface area (Å²) in [5.41, 5.74) is 0.583. The van der Waals surface area contributed by atoms with E-state index in [1.165, 1.54) is 6.33 Å². The molecule has 0 radical (unpaired) electrons. The minimum atomic E-state index is -0.0278. The van der Waals surface area contributed by atoms with Gasteiger partial charge in [-0.15, -0.1) is 0 Å². The molecule has 6 nitrogen and oxygen atoms in total. The van der Waals surface area contributed by atoms with Crippen LogP contribution < -0.4 is 4.74 Å². The monoisotopic (exact) mass is 324 g/mol. The second-order valence-corrected chi connectivity index (χ2v) is 5.03. The van der Waals surface area contributed by atoms with E-state index < -0.39 is 0 Å². The molecule has 21 heavy (non-hydrogen) atoms. The number of hydrogen-bond acceptors (Lipinski definition) is 5. The summed E-state index contributed by atoms with van der Waals surface area (Å²) < 4.78 is 7.29. The molecule has 0 spiro atoms. The number of aliphatic hydroxyl groups excluding tert-OH is 1. The number of benzene rings is 1. The Balaban J connectivity index is 2.00. The van der Waals surface area contributed by atoms with Gasteiger partial charge in [-0.2, -0.15) is 5.10 Å². The third-order valence-corrected chi connectivity index (χ3v) is 3.34. The van der Waals surface area contributed by atoms with E-state index in [1.807, 2.05) is 0 Å². The molecule has 2 aromatic heterocycles. The molecule has 0 bridgehead atoms. The Hall–Kier alpha value is -1.89. The number of nitrogens with zero attached hydrogens (tertiary/aromatic N) is 4. The zero-order valence-corrected chi connectivity index (χ0v) is 12.2. The fraction of sp³-hybridized carbons (Fsp3) is 0.154. The average Bonchev–Trinajstić information content (AvgIpc) is 2.87. The Morgan fingerprint density at radius 3 is 2.86 bits per heavy atom. The maximum absolute atomic E-state index is 9.00. The van der Waals surface area contributed by atoms with Crippen LogP contribution >= 0.6 is 23.2 Å².